The number of pyridine rings is 1. The molecule has 0 aliphatic carbocycles. The number of rotatable bonds is 10. The SMILES string of the molecule is CCC(C)[C@H](c1ccc(F)cc1C)[C@H](C)OC(=O)[C@H](C)CC(=O)c1nccc(OC)c1O. The van der Waals surface area contributed by atoms with Gasteiger partial charge in [0.25, 0.3) is 0 Å². The van der Waals surface area contributed by atoms with Gasteiger partial charge in [-0.15, -0.1) is 0 Å². The second-order valence-corrected chi connectivity index (χ2v) is 8.29. The summed E-state index contributed by atoms with van der Waals surface area (Å²) in [5.41, 5.74) is 1.60. The number of esters is 1. The number of benzene rings is 1. The number of aromatic hydroxyl groups is 1. The second-order valence-electron chi connectivity index (χ2n) is 8.29. The molecule has 2 aromatic rings. The van der Waals surface area contributed by atoms with Crippen molar-refractivity contribution in [3.63, 3.8) is 0 Å². The minimum absolute atomic E-state index is 0.114. The summed E-state index contributed by atoms with van der Waals surface area (Å²) in [7, 11) is 1.38. The van der Waals surface area contributed by atoms with Crippen molar-refractivity contribution in [2.24, 2.45) is 11.8 Å². The molecule has 7 heteroatoms. The molecule has 4 atom stereocenters. The molecule has 0 amide bonds. The number of hydrogen-bond donors (Lipinski definition) is 1. The molecule has 1 unspecified atom stereocenters. The Hall–Kier alpha value is -2.96. The monoisotopic (exact) mass is 445 g/mol. The smallest absolute Gasteiger partial charge is 0.309 e. The van der Waals surface area contributed by atoms with Crippen molar-refractivity contribution in [3.8, 4) is 11.5 Å². The van der Waals surface area contributed by atoms with Crippen molar-refractivity contribution in [3.05, 3.63) is 53.1 Å². The van der Waals surface area contributed by atoms with Crippen molar-refractivity contribution in [1.29, 1.82) is 0 Å². The highest BCUT2D eigenvalue weighted by Gasteiger charge is 2.31. The lowest BCUT2D eigenvalue weighted by Gasteiger charge is -2.31. The molecule has 0 bridgehead atoms. The average molecular weight is 446 g/mol. The fraction of sp³-hybridized carbons (Fsp3) is 0.480. The maximum atomic E-state index is 13.6. The van der Waals surface area contributed by atoms with Crippen LogP contribution in [0.4, 0.5) is 4.39 Å². The molecule has 2 rings (SSSR count). The van der Waals surface area contributed by atoms with E-state index in [-0.39, 0.29) is 41.3 Å². The number of ketones is 1. The standard InChI is InChI=1S/C25H32FNO5/c1-7-14(2)22(19-9-8-18(26)12-15(19)3)17(5)32-25(30)16(4)13-20(28)23-24(29)21(31-6)10-11-27-23/h8-12,14,16-17,22,29H,7,13H2,1-6H3/t14?,16-,17+,22+/m1/s1. The Kier molecular flexibility index (Phi) is 8.75. The van der Waals surface area contributed by atoms with Gasteiger partial charge >= 0.3 is 5.97 Å². The fourth-order valence-electron chi connectivity index (χ4n) is 3.92. The van der Waals surface area contributed by atoms with Gasteiger partial charge in [-0.2, -0.15) is 0 Å². The van der Waals surface area contributed by atoms with Gasteiger partial charge in [0.2, 0.25) is 0 Å². The number of halogens is 1. The van der Waals surface area contributed by atoms with Crippen LogP contribution in [0.25, 0.3) is 0 Å². The number of ether oxygens (including phenoxy) is 2. The maximum absolute atomic E-state index is 13.6. The largest absolute Gasteiger partial charge is 0.503 e. The van der Waals surface area contributed by atoms with E-state index in [0.29, 0.717) is 0 Å². The average Bonchev–Trinajstić information content (AvgIpc) is 2.75. The normalized spacial score (nSPS) is 14.8. The molecule has 1 aromatic heterocycles. The van der Waals surface area contributed by atoms with Crippen molar-refractivity contribution < 1.29 is 28.6 Å². The van der Waals surface area contributed by atoms with Crippen LogP contribution in [-0.4, -0.2) is 35.1 Å². The number of carbonyl (C=O) groups is 2. The number of carbonyl (C=O) groups excluding carboxylic acids is 2. The molecule has 0 aliphatic rings. The molecule has 1 heterocycles. The molecule has 174 valence electrons. The van der Waals surface area contributed by atoms with Crippen LogP contribution < -0.4 is 4.74 Å². The van der Waals surface area contributed by atoms with E-state index in [4.69, 9.17) is 9.47 Å². The van der Waals surface area contributed by atoms with Crippen molar-refractivity contribution in [1.82, 2.24) is 4.98 Å². The van der Waals surface area contributed by atoms with Gasteiger partial charge in [0, 0.05) is 24.6 Å². The highest BCUT2D eigenvalue weighted by atomic mass is 19.1. The molecule has 0 saturated heterocycles. The lowest BCUT2D eigenvalue weighted by Crippen LogP contribution is -2.30. The van der Waals surface area contributed by atoms with Gasteiger partial charge in [-0.3, -0.25) is 9.59 Å². The van der Waals surface area contributed by atoms with E-state index in [1.165, 1.54) is 31.5 Å². The van der Waals surface area contributed by atoms with Gasteiger partial charge in [-0.05, 0) is 43.0 Å². The van der Waals surface area contributed by atoms with Gasteiger partial charge in [-0.25, -0.2) is 9.37 Å². The first kappa shape index (κ1) is 25.3. The summed E-state index contributed by atoms with van der Waals surface area (Å²) in [5, 5.41) is 10.1. The Morgan fingerprint density at radius 3 is 2.47 bits per heavy atom. The summed E-state index contributed by atoms with van der Waals surface area (Å²) in [6.07, 6.45) is 1.59. The fourth-order valence-corrected chi connectivity index (χ4v) is 3.92. The number of nitrogens with zero attached hydrogens (tertiary/aromatic N) is 1. The minimum Gasteiger partial charge on any atom is -0.503 e. The molecule has 6 nitrogen and oxygen atoms in total. The zero-order valence-electron chi connectivity index (χ0n) is 19.5. The second kappa shape index (κ2) is 11.1. The van der Waals surface area contributed by atoms with Crippen LogP contribution in [0.2, 0.25) is 0 Å². The number of Topliss-reactive ketones (excluding diaryl/α,β-unsaturated/α-hetero) is 1. The van der Waals surface area contributed by atoms with Crippen LogP contribution in [0.15, 0.2) is 30.5 Å². The van der Waals surface area contributed by atoms with Crippen LogP contribution in [0.5, 0.6) is 11.5 Å². The number of methoxy groups -OCH3 is 1. The third-order valence-electron chi connectivity index (χ3n) is 5.92. The zero-order chi connectivity index (χ0) is 24.0. The molecule has 0 spiro atoms. The lowest BCUT2D eigenvalue weighted by atomic mass is 9.80. The number of aryl methyl sites for hydroxylation is 1. The van der Waals surface area contributed by atoms with Crippen molar-refractivity contribution >= 4 is 11.8 Å². The first-order chi connectivity index (χ1) is 15.1. The first-order valence-electron chi connectivity index (χ1n) is 10.8. The summed E-state index contributed by atoms with van der Waals surface area (Å²) < 4.78 is 24.4. The van der Waals surface area contributed by atoms with Gasteiger partial charge in [0.05, 0.1) is 13.0 Å². The predicted molar refractivity (Wildman–Crippen MR) is 119 cm³/mol. The van der Waals surface area contributed by atoms with E-state index >= 15 is 0 Å². The minimum atomic E-state index is -0.732. The lowest BCUT2D eigenvalue weighted by molar-refractivity contribution is -0.154. The Balaban J connectivity index is 2.14. The molecule has 0 radical (unpaired) electrons. The van der Waals surface area contributed by atoms with Crippen molar-refractivity contribution in [2.75, 3.05) is 7.11 Å². The van der Waals surface area contributed by atoms with E-state index in [9.17, 15) is 19.1 Å². The van der Waals surface area contributed by atoms with Crippen LogP contribution in [-0.2, 0) is 9.53 Å². The molecular formula is C25H32FNO5. The Morgan fingerprint density at radius 1 is 1.19 bits per heavy atom. The molecule has 0 saturated carbocycles. The number of aromatic nitrogens is 1. The number of hydrogen-bond acceptors (Lipinski definition) is 6. The van der Waals surface area contributed by atoms with E-state index in [0.717, 1.165) is 17.5 Å². The van der Waals surface area contributed by atoms with E-state index in [2.05, 4.69) is 18.8 Å². The molecule has 32 heavy (non-hydrogen) atoms. The Labute approximate surface area is 188 Å². The van der Waals surface area contributed by atoms with Gasteiger partial charge in [-0.1, -0.05) is 33.3 Å². The van der Waals surface area contributed by atoms with Crippen LogP contribution in [0.3, 0.4) is 0 Å². The van der Waals surface area contributed by atoms with Gasteiger partial charge < -0.3 is 14.6 Å². The molecule has 0 aliphatic heterocycles. The zero-order valence-corrected chi connectivity index (χ0v) is 19.5. The third-order valence-corrected chi connectivity index (χ3v) is 5.92. The molecule has 0 fully saturated rings. The third kappa shape index (κ3) is 5.84. The summed E-state index contributed by atoms with van der Waals surface area (Å²) in [4.78, 5) is 29.3. The van der Waals surface area contributed by atoms with Crippen molar-refractivity contribution in [2.45, 2.75) is 59.5 Å². The summed E-state index contributed by atoms with van der Waals surface area (Å²) >= 11 is 0. The van der Waals surface area contributed by atoms with E-state index in [1.807, 2.05) is 13.8 Å². The summed E-state index contributed by atoms with van der Waals surface area (Å²) in [5.74, 6) is -2.17. The van der Waals surface area contributed by atoms with E-state index < -0.39 is 23.8 Å². The summed E-state index contributed by atoms with van der Waals surface area (Å²) in [6.45, 7) is 9.40. The quantitative estimate of drug-likeness (QED) is 0.399. The van der Waals surface area contributed by atoms with Crippen LogP contribution in [0.1, 0.15) is 68.1 Å². The molecule has 1 N–H and O–H groups in total. The maximum Gasteiger partial charge on any atom is 0.309 e. The topological polar surface area (TPSA) is 85.7 Å². The predicted octanol–water partition coefficient (Wildman–Crippen LogP) is 5.21. The van der Waals surface area contributed by atoms with Crippen LogP contribution in [0, 0.1) is 24.6 Å². The highest BCUT2D eigenvalue weighted by molar-refractivity contribution is 5.99. The Morgan fingerprint density at radius 2 is 1.88 bits per heavy atom. The summed E-state index contributed by atoms with van der Waals surface area (Å²) in [6, 6.07) is 6.09. The van der Waals surface area contributed by atoms with E-state index in [1.54, 1.807) is 13.0 Å². The highest BCUT2D eigenvalue weighted by Crippen LogP contribution is 2.35. The molecule has 1 aromatic carbocycles. The first-order valence-corrected chi connectivity index (χ1v) is 10.8. The van der Waals surface area contributed by atoms with Crippen LogP contribution >= 0.6 is 0 Å². The Bertz CT molecular complexity index is 961. The van der Waals surface area contributed by atoms with Gasteiger partial charge in [0.1, 0.15) is 11.9 Å². The molecular weight excluding hydrogens is 413 g/mol. The van der Waals surface area contributed by atoms with Gasteiger partial charge in [0.15, 0.2) is 23.0 Å².